The van der Waals surface area contributed by atoms with E-state index in [2.05, 4.69) is 10.6 Å². The molecule has 36 heavy (non-hydrogen) atoms. The number of nitrogens with zero attached hydrogens (tertiary/aromatic N) is 4. The molecule has 2 N–H and O–H groups in total. The van der Waals surface area contributed by atoms with Gasteiger partial charge in [-0.1, -0.05) is 30.3 Å². The maximum atomic E-state index is 13.8. The highest BCUT2D eigenvalue weighted by atomic mass is 16.2. The fraction of sp³-hybridized carbons (Fsp3) is 0.333. The lowest BCUT2D eigenvalue weighted by molar-refractivity contribution is -0.132. The van der Waals surface area contributed by atoms with Crippen molar-refractivity contribution in [2.45, 2.75) is 39.3 Å². The van der Waals surface area contributed by atoms with Crippen molar-refractivity contribution in [1.82, 2.24) is 20.0 Å². The van der Waals surface area contributed by atoms with Crippen molar-refractivity contribution in [3.8, 4) is 5.69 Å². The fourth-order valence-corrected chi connectivity index (χ4v) is 5.21. The number of fused-ring (bicyclic) bond motifs is 1. The Bertz CT molecular complexity index is 1350. The van der Waals surface area contributed by atoms with E-state index in [1.807, 2.05) is 72.0 Å². The van der Waals surface area contributed by atoms with Gasteiger partial charge in [-0.05, 0) is 52.0 Å². The van der Waals surface area contributed by atoms with Gasteiger partial charge in [0, 0.05) is 24.3 Å². The number of amides is 3. The topological polar surface area (TPSA) is 99.6 Å². The summed E-state index contributed by atoms with van der Waals surface area (Å²) in [4.78, 5) is 43.3. The lowest BCUT2D eigenvalue weighted by Crippen LogP contribution is -2.61. The van der Waals surface area contributed by atoms with Gasteiger partial charge in [0.2, 0.25) is 17.7 Å². The molecule has 0 saturated carbocycles. The van der Waals surface area contributed by atoms with Gasteiger partial charge in [0.1, 0.15) is 11.6 Å². The van der Waals surface area contributed by atoms with Crippen molar-refractivity contribution in [2.75, 3.05) is 29.9 Å². The lowest BCUT2D eigenvalue weighted by atomic mass is 9.95. The number of piperazine rings is 1. The first-order valence-corrected chi connectivity index (χ1v) is 12.1. The van der Waals surface area contributed by atoms with Gasteiger partial charge >= 0.3 is 0 Å². The van der Waals surface area contributed by atoms with Crippen molar-refractivity contribution in [3.63, 3.8) is 0 Å². The van der Waals surface area contributed by atoms with E-state index in [9.17, 15) is 14.4 Å². The van der Waals surface area contributed by atoms with Crippen molar-refractivity contribution < 1.29 is 14.4 Å². The molecule has 3 aromatic rings. The smallest absolute Gasteiger partial charge is 0.250 e. The Morgan fingerprint density at radius 2 is 1.75 bits per heavy atom. The van der Waals surface area contributed by atoms with Crippen LogP contribution in [0.15, 0.2) is 54.6 Å². The number of nitrogens with one attached hydrogen (secondary N) is 2. The monoisotopic (exact) mass is 486 g/mol. The average molecular weight is 487 g/mol. The van der Waals surface area contributed by atoms with E-state index in [1.165, 1.54) is 0 Å². The highest BCUT2D eigenvalue weighted by molar-refractivity contribution is 6.14. The molecule has 3 amide bonds. The Hall–Kier alpha value is -3.98. The molecule has 0 bridgehead atoms. The summed E-state index contributed by atoms with van der Waals surface area (Å²) in [5.41, 5.74) is 3.44. The molecule has 0 spiro atoms. The van der Waals surface area contributed by atoms with Gasteiger partial charge in [0.15, 0.2) is 0 Å². The summed E-state index contributed by atoms with van der Waals surface area (Å²) >= 11 is 0. The molecule has 9 nitrogen and oxygen atoms in total. The molecule has 0 aliphatic carbocycles. The van der Waals surface area contributed by atoms with Gasteiger partial charge in [0.05, 0.1) is 29.3 Å². The molecule has 1 fully saturated rings. The SMILES string of the molecule is Cc1nn(-c2ccccc2)c(C)c1[C@@H]1C(=O)NCCN1CC(=O)N1c2ccccc2NC(=O)C1(C)C. The number of hydrogen-bond acceptors (Lipinski definition) is 5. The summed E-state index contributed by atoms with van der Waals surface area (Å²) in [6.45, 7) is 8.21. The molecule has 0 unspecified atom stereocenters. The van der Waals surface area contributed by atoms with Gasteiger partial charge < -0.3 is 10.6 Å². The number of hydrogen-bond donors (Lipinski definition) is 2. The minimum atomic E-state index is -1.08. The maximum absolute atomic E-state index is 13.8. The van der Waals surface area contributed by atoms with Gasteiger partial charge in [-0.15, -0.1) is 0 Å². The third kappa shape index (κ3) is 3.85. The third-order valence-electron chi connectivity index (χ3n) is 7.03. The molecule has 1 aromatic heterocycles. The zero-order chi connectivity index (χ0) is 25.6. The molecule has 0 radical (unpaired) electrons. The van der Waals surface area contributed by atoms with E-state index in [0.29, 0.717) is 24.5 Å². The highest BCUT2D eigenvalue weighted by Gasteiger charge is 2.45. The van der Waals surface area contributed by atoms with E-state index in [1.54, 1.807) is 24.8 Å². The highest BCUT2D eigenvalue weighted by Crippen LogP contribution is 2.37. The zero-order valence-electron chi connectivity index (χ0n) is 20.9. The molecule has 3 heterocycles. The van der Waals surface area contributed by atoms with Gasteiger partial charge in [-0.2, -0.15) is 5.10 Å². The standard InChI is InChI=1S/C27H30N6O3/c1-17-23(18(2)33(30-17)19-10-6-5-7-11-19)24-25(35)28-14-15-31(24)16-22(34)32-21-13-9-8-12-20(21)29-26(36)27(32,3)4/h5-13,24H,14-16H2,1-4H3,(H,28,35)(H,29,36)/t24-/m1/s1. The van der Waals surface area contributed by atoms with Crippen molar-refractivity contribution >= 4 is 29.1 Å². The molecular formula is C27H30N6O3. The van der Waals surface area contributed by atoms with Crippen LogP contribution in [0.4, 0.5) is 11.4 Å². The van der Waals surface area contributed by atoms with E-state index in [4.69, 9.17) is 5.10 Å². The number of carbonyl (C=O) groups is 3. The Morgan fingerprint density at radius 3 is 2.50 bits per heavy atom. The fourth-order valence-electron chi connectivity index (χ4n) is 5.21. The number of benzene rings is 2. The molecule has 2 aliphatic heterocycles. The molecular weight excluding hydrogens is 456 g/mol. The molecule has 2 aromatic carbocycles. The third-order valence-corrected chi connectivity index (χ3v) is 7.03. The number of aryl methyl sites for hydroxylation is 1. The second kappa shape index (κ2) is 8.91. The van der Waals surface area contributed by atoms with Crippen molar-refractivity contribution in [1.29, 1.82) is 0 Å². The lowest BCUT2D eigenvalue weighted by Gasteiger charge is -2.43. The number of para-hydroxylation sites is 3. The second-order valence-electron chi connectivity index (χ2n) is 9.76. The van der Waals surface area contributed by atoms with Crippen LogP contribution in [0.25, 0.3) is 5.69 Å². The van der Waals surface area contributed by atoms with Gasteiger partial charge in [-0.25, -0.2) is 4.68 Å². The van der Waals surface area contributed by atoms with Crippen LogP contribution >= 0.6 is 0 Å². The number of carbonyl (C=O) groups excluding carboxylic acids is 3. The molecule has 1 atom stereocenters. The van der Waals surface area contributed by atoms with Crippen molar-refractivity contribution in [3.05, 3.63) is 71.5 Å². The van der Waals surface area contributed by atoms with Crippen molar-refractivity contribution in [2.24, 2.45) is 0 Å². The van der Waals surface area contributed by atoms with Gasteiger partial charge in [-0.3, -0.25) is 24.2 Å². The normalized spacial score (nSPS) is 19.4. The predicted molar refractivity (Wildman–Crippen MR) is 137 cm³/mol. The molecule has 186 valence electrons. The van der Waals surface area contributed by atoms with Crippen LogP contribution in [0.5, 0.6) is 0 Å². The van der Waals surface area contributed by atoms with Crippen LogP contribution in [-0.2, 0) is 14.4 Å². The number of anilines is 2. The minimum absolute atomic E-state index is 0.0153. The molecule has 1 saturated heterocycles. The van der Waals surface area contributed by atoms with Gasteiger partial charge in [0.25, 0.3) is 0 Å². The summed E-state index contributed by atoms with van der Waals surface area (Å²) in [6.07, 6.45) is 0. The molecule has 2 aliphatic rings. The molecule has 9 heteroatoms. The zero-order valence-corrected chi connectivity index (χ0v) is 20.9. The predicted octanol–water partition coefficient (Wildman–Crippen LogP) is 2.73. The summed E-state index contributed by atoms with van der Waals surface area (Å²) in [5, 5.41) is 10.6. The van der Waals surface area contributed by atoms with Crippen LogP contribution in [0.1, 0.15) is 36.8 Å². The summed E-state index contributed by atoms with van der Waals surface area (Å²) in [5.74, 6) is -0.657. The average Bonchev–Trinajstić information content (AvgIpc) is 3.14. The van der Waals surface area contributed by atoms with Crippen LogP contribution in [0.3, 0.4) is 0 Å². The summed E-state index contributed by atoms with van der Waals surface area (Å²) in [6, 6.07) is 16.4. The van der Waals surface area contributed by atoms with E-state index >= 15 is 0 Å². The summed E-state index contributed by atoms with van der Waals surface area (Å²) in [7, 11) is 0. The first-order chi connectivity index (χ1) is 17.2. The Labute approximate surface area is 210 Å². The van der Waals surface area contributed by atoms with E-state index < -0.39 is 11.6 Å². The molecule has 5 rings (SSSR count). The minimum Gasteiger partial charge on any atom is -0.353 e. The van der Waals surface area contributed by atoms with E-state index in [-0.39, 0.29) is 24.3 Å². The Kier molecular flexibility index (Phi) is 5.88. The Balaban J connectivity index is 1.50. The van der Waals surface area contributed by atoms with E-state index in [0.717, 1.165) is 22.6 Å². The quantitative estimate of drug-likeness (QED) is 0.591. The second-order valence-corrected chi connectivity index (χ2v) is 9.76. The largest absolute Gasteiger partial charge is 0.353 e. The summed E-state index contributed by atoms with van der Waals surface area (Å²) < 4.78 is 1.83. The van der Waals surface area contributed by atoms with Crippen LogP contribution in [-0.4, -0.2) is 57.6 Å². The number of aromatic nitrogens is 2. The Morgan fingerprint density at radius 1 is 1.06 bits per heavy atom. The van der Waals surface area contributed by atoms with Crippen LogP contribution in [0, 0.1) is 13.8 Å². The number of rotatable bonds is 4. The first kappa shape index (κ1) is 23.7. The van der Waals surface area contributed by atoms with Crippen LogP contribution < -0.4 is 15.5 Å². The van der Waals surface area contributed by atoms with Crippen LogP contribution in [0.2, 0.25) is 0 Å². The maximum Gasteiger partial charge on any atom is 0.250 e. The first-order valence-electron chi connectivity index (χ1n) is 12.1.